The van der Waals surface area contributed by atoms with Crippen LogP contribution in [0.5, 0.6) is 5.75 Å². The number of nitrogens with zero attached hydrogens (tertiary/aromatic N) is 2. The van der Waals surface area contributed by atoms with E-state index in [1.54, 1.807) is 24.3 Å². The van der Waals surface area contributed by atoms with E-state index in [-0.39, 0.29) is 18.3 Å². The van der Waals surface area contributed by atoms with E-state index in [0.29, 0.717) is 15.7 Å². The molecule has 0 atom stereocenters. The summed E-state index contributed by atoms with van der Waals surface area (Å²) in [7, 11) is 0. The predicted octanol–water partition coefficient (Wildman–Crippen LogP) is 3.82. The topological polar surface area (TPSA) is 64.1 Å². The third-order valence-electron chi connectivity index (χ3n) is 3.26. The first-order valence-electron chi connectivity index (χ1n) is 7.20. The van der Waals surface area contributed by atoms with Crippen LogP contribution < -0.4 is 10.1 Å². The van der Waals surface area contributed by atoms with Crippen LogP contribution in [0.25, 0.3) is 0 Å². The van der Waals surface area contributed by atoms with E-state index >= 15 is 0 Å². The maximum Gasteiger partial charge on any atom is 0.257 e. The van der Waals surface area contributed by atoms with Crippen LogP contribution in [0.3, 0.4) is 0 Å². The minimum absolute atomic E-state index is 0.0822. The maximum atomic E-state index is 13.5. The van der Waals surface area contributed by atoms with Crippen molar-refractivity contribution >= 4 is 22.4 Å². The summed E-state index contributed by atoms with van der Waals surface area (Å²) in [5, 5.41) is 11.5. The molecule has 7 heteroatoms. The number of carbonyl (C=O) groups is 1. The number of halogens is 1. The molecule has 1 heterocycles. The van der Waals surface area contributed by atoms with Gasteiger partial charge in [0, 0.05) is 5.56 Å². The number of aromatic nitrogens is 2. The number of anilines is 1. The number of para-hydroxylation sites is 1. The molecule has 24 heavy (non-hydrogen) atoms. The van der Waals surface area contributed by atoms with E-state index in [1.165, 1.54) is 23.5 Å². The zero-order valence-corrected chi connectivity index (χ0v) is 13.6. The van der Waals surface area contributed by atoms with E-state index < -0.39 is 5.82 Å². The first-order valence-corrected chi connectivity index (χ1v) is 8.02. The fourth-order valence-electron chi connectivity index (χ4n) is 2.06. The van der Waals surface area contributed by atoms with Gasteiger partial charge in [-0.3, -0.25) is 10.1 Å². The van der Waals surface area contributed by atoms with Gasteiger partial charge in [-0.2, -0.15) is 0 Å². The third kappa shape index (κ3) is 3.75. The molecule has 0 aliphatic heterocycles. The van der Waals surface area contributed by atoms with E-state index in [1.807, 2.05) is 19.1 Å². The molecule has 0 aliphatic carbocycles. The highest BCUT2D eigenvalue weighted by atomic mass is 32.1. The molecule has 3 rings (SSSR count). The number of rotatable bonds is 5. The summed E-state index contributed by atoms with van der Waals surface area (Å²) in [6.45, 7) is 1.95. The predicted molar refractivity (Wildman–Crippen MR) is 89.8 cm³/mol. The molecule has 5 nitrogen and oxygen atoms in total. The SMILES string of the molecule is Cc1ccccc1C(=O)Nc1nnc(COc2ccccc2F)s1. The number of nitrogens with one attached hydrogen (secondary N) is 1. The van der Waals surface area contributed by atoms with Crippen molar-refractivity contribution in [3.05, 3.63) is 70.5 Å². The van der Waals surface area contributed by atoms with Gasteiger partial charge in [0.2, 0.25) is 5.13 Å². The minimum atomic E-state index is -0.435. The Bertz CT molecular complexity index is 866. The molecule has 0 radical (unpaired) electrons. The van der Waals surface area contributed by atoms with Crippen LogP contribution >= 0.6 is 11.3 Å². The molecule has 0 spiro atoms. The number of hydrogen-bond donors (Lipinski definition) is 1. The van der Waals surface area contributed by atoms with Crippen LogP contribution in [0.2, 0.25) is 0 Å². The molecule has 0 aliphatic rings. The van der Waals surface area contributed by atoms with E-state index in [2.05, 4.69) is 15.5 Å². The van der Waals surface area contributed by atoms with Crippen LogP contribution in [0.4, 0.5) is 9.52 Å². The molecule has 0 saturated carbocycles. The lowest BCUT2D eigenvalue weighted by atomic mass is 10.1. The normalized spacial score (nSPS) is 10.4. The van der Waals surface area contributed by atoms with Crippen molar-refractivity contribution in [2.45, 2.75) is 13.5 Å². The molecule has 1 aromatic heterocycles. The highest BCUT2D eigenvalue weighted by molar-refractivity contribution is 7.15. The van der Waals surface area contributed by atoms with Gasteiger partial charge >= 0.3 is 0 Å². The molecule has 122 valence electrons. The molecule has 1 N–H and O–H groups in total. The van der Waals surface area contributed by atoms with Crippen LogP contribution in [0.15, 0.2) is 48.5 Å². The van der Waals surface area contributed by atoms with Crippen molar-refractivity contribution in [2.24, 2.45) is 0 Å². The number of hydrogen-bond acceptors (Lipinski definition) is 5. The lowest BCUT2D eigenvalue weighted by Crippen LogP contribution is -2.12. The van der Waals surface area contributed by atoms with Crippen molar-refractivity contribution in [1.29, 1.82) is 0 Å². The van der Waals surface area contributed by atoms with E-state index in [0.717, 1.165) is 5.56 Å². The molecular formula is C17H14FN3O2S. The lowest BCUT2D eigenvalue weighted by Gasteiger charge is -2.04. The molecule has 1 amide bonds. The summed E-state index contributed by atoms with van der Waals surface area (Å²) in [6, 6.07) is 13.4. The molecule has 2 aromatic carbocycles. The average Bonchev–Trinajstić information content (AvgIpc) is 3.02. The second-order valence-electron chi connectivity index (χ2n) is 4.99. The van der Waals surface area contributed by atoms with Crippen molar-refractivity contribution in [1.82, 2.24) is 10.2 Å². The fourth-order valence-corrected chi connectivity index (χ4v) is 2.70. The van der Waals surface area contributed by atoms with Gasteiger partial charge in [0.25, 0.3) is 5.91 Å². The van der Waals surface area contributed by atoms with Gasteiger partial charge in [-0.05, 0) is 30.7 Å². The molecule has 0 saturated heterocycles. The summed E-state index contributed by atoms with van der Waals surface area (Å²) in [4.78, 5) is 12.2. The molecule has 0 unspecified atom stereocenters. The van der Waals surface area contributed by atoms with Gasteiger partial charge in [-0.15, -0.1) is 10.2 Å². The smallest absolute Gasteiger partial charge is 0.257 e. The number of ether oxygens (including phenoxy) is 1. The van der Waals surface area contributed by atoms with Crippen molar-refractivity contribution < 1.29 is 13.9 Å². The van der Waals surface area contributed by atoms with Crippen molar-refractivity contribution in [3.63, 3.8) is 0 Å². The highest BCUT2D eigenvalue weighted by Crippen LogP contribution is 2.21. The number of benzene rings is 2. The Morgan fingerprint density at radius 1 is 1.17 bits per heavy atom. The maximum absolute atomic E-state index is 13.5. The second kappa shape index (κ2) is 7.18. The largest absolute Gasteiger partial charge is 0.483 e. The van der Waals surface area contributed by atoms with Gasteiger partial charge < -0.3 is 4.74 Å². The monoisotopic (exact) mass is 343 g/mol. The third-order valence-corrected chi connectivity index (χ3v) is 4.08. The molecule has 0 fully saturated rings. The van der Waals surface area contributed by atoms with Crippen LogP contribution in [0.1, 0.15) is 20.9 Å². The Kier molecular flexibility index (Phi) is 4.81. The summed E-state index contributed by atoms with van der Waals surface area (Å²) in [5.41, 5.74) is 1.46. The van der Waals surface area contributed by atoms with E-state index in [4.69, 9.17) is 4.74 Å². The first-order chi connectivity index (χ1) is 11.6. The summed E-state index contributed by atoms with van der Waals surface area (Å²) < 4.78 is 18.8. The molecule has 3 aromatic rings. The summed E-state index contributed by atoms with van der Waals surface area (Å²) >= 11 is 1.19. The quantitative estimate of drug-likeness (QED) is 0.765. The Hall–Kier alpha value is -2.80. The number of aryl methyl sites for hydroxylation is 1. The van der Waals surface area contributed by atoms with E-state index in [9.17, 15) is 9.18 Å². The minimum Gasteiger partial charge on any atom is -0.483 e. The summed E-state index contributed by atoms with van der Waals surface area (Å²) in [5.74, 6) is -0.529. The zero-order valence-electron chi connectivity index (χ0n) is 12.8. The van der Waals surface area contributed by atoms with Crippen LogP contribution in [-0.4, -0.2) is 16.1 Å². The Balaban J connectivity index is 1.63. The summed E-state index contributed by atoms with van der Waals surface area (Å²) in [6.07, 6.45) is 0. The highest BCUT2D eigenvalue weighted by Gasteiger charge is 2.12. The van der Waals surface area contributed by atoms with Gasteiger partial charge in [-0.1, -0.05) is 41.7 Å². The van der Waals surface area contributed by atoms with Gasteiger partial charge in [0.15, 0.2) is 16.6 Å². The Morgan fingerprint density at radius 3 is 2.71 bits per heavy atom. The van der Waals surface area contributed by atoms with Gasteiger partial charge in [0.05, 0.1) is 0 Å². The standard InChI is InChI=1S/C17H14FN3O2S/c1-11-6-2-3-7-12(11)16(22)19-17-21-20-15(24-17)10-23-14-9-5-4-8-13(14)18/h2-9H,10H2,1H3,(H,19,21,22). The average molecular weight is 343 g/mol. The van der Waals surface area contributed by atoms with Crippen molar-refractivity contribution in [3.8, 4) is 5.75 Å². The van der Waals surface area contributed by atoms with Crippen LogP contribution in [0, 0.1) is 12.7 Å². The number of carbonyl (C=O) groups excluding carboxylic acids is 1. The molecular weight excluding hydrogens is 329 g/mol. The van der Waals surface area contributed by atoms with Gasteiger partial charge in [-0.25, -0.2) is 4.39 Å². The fraction of sp³-hybridized carbons (Fsp3) is 0.118. The first kappa shape index (κ1) is 16.1. The van der Waals surface area contributed by atoms with Gasteiger partial charge in [0.1, 0.15) is 6.61 Å². The zero-order chi connectivity index (χ0) is 16.9. The van der Waals surface area contributed by atoms with Crippen molar-refractivity contribution in [2.75, 3.05) is 5.32 Å². The lowest BCUT2D eigenvalue weighted by molar-refractivity contribution is 0.102. The Morgan fingerprint density at radius 2 is 1.92 bits per heavy atom. The van der Waals surface area contributed by atoms with Crippen LogP contribution in [-0.2, 0) is 6.61 Å². The number of amides is 1. The Labute approximate surface area is 142 Å². The molecule has 0 bridgehead atoms. The second-order valence-corrected chi connectivity index (χ2v) is 6.05.